The number of anilines is 1. The van der Waals surface area contributed by atoms with Gasteiger partial charge in [-0.3, -0.25) is 4.79 Å². The largest absolute Gasteiger partial charge is 0.454 e. The van der Waals surface area contributed by atoms with Crippen LogP contribution in [-0.4, -0.2) is 64.7 Å². The van der Waals surface area contributed by atoms with E-state index in [2.05, 4.69) is 30.5 Å². The number of nitrogens with one attached hydrogen (secondary N) is 2. The van der Waals surface area contributed by atoms with Crippen molar-refractivity contribution in [2.24, 2.45) is 0 Å². The molecule has 0 saturated carbocycles. The second-order valence-electron chi connectivity index (χ2n) is 9.24. The van der Waals surface area contributed by atoms with Crippen LogP contribution >= 0.6 is 0 Å². The van der Waals surface area contributed by atoms with Gasteiger partial charge in [-0.15, -0.1) is 0 Å². The molecule has 2 aromatic carbocycles. The maximum absolute atomic E-state index is 13.2. The molecule has 1 fully saturated rings. The Morgan fingerprint density at radius 1 is 0.949 bits per heavy atom. The molecule has 0 spiro atoms. The highest BCUT2D eigenvalue weighted by molar-refractivity contribution is 5.94. The number of hydrogen-bond acceptors (Lipinski definition) is 7. The number of ether oxygens (including phenoxy) is 1. The van der Waals surface area contributed by atoms with Crippen LogP contribution in [-0.2, 0) is 6.54 Å². The van der Waals surface area contributed by atoms with Crippen molar-refractivity contribution in [3.8, 4) is 17.4 Å². The molecule has 12 heteroatoms. The molecule has 8 nitrogen and oxygen atoms in total. The van der Waals surface area contributed by atoms with Crippen molar-refractivity contribution in [2.45, 2.75) is 38.4 Å². The Morgan fingerprint density at radius 3 is 2.36 bits per heavy atom. The highest BCUT2D eigenvalue weighted by Gasteiger charge is 2.29. The van der Waals surface area contributed by atoms with E-state index in [4.69, 9.17) is 4.74 Å². The van der Waals surface area contributed by atoms with Crippen molar-refractivity contribution in [2.75, 3.05) is 38.1 Å². The van der Waals surface area contributed by atoms with Gasteiger partial charge in [-0.2, -0.15) is 28.1 Å². The minimum absolute atomic E-state index is 0.0166. The summed E-state index contributed by atoms with van der Waals surface area (Å²) in [6.07, 6.45) is 0.0210. The van der Waals surface area contributed by atoms with E-state index < -0.39 is 24.6 Å². The van der Waals surface area contributed by atoms with E-state index in [9.17, 15) is 22.4 Å². The third-order valence-electron chi connectivity index (χ3n) is 6.13. The highest BCUT2D eigenvalue weighted by atomic mass is 19.4. The number of piperidine rings is 1. The van der Waals surface area contributed by atoms with Crippen molar-refractivity contribution in [3.63, 3.8) is 0 Å². The van der Waals surface area contributed by atoms with Gasteiger partial charge in [-0.05, 0) is 68.7 Å². The molecule has 1 aromatic heterocycles. The minimum Gasteiger partial charge on any atom is -0.454 e. The number of carbonyl (C=O) groups excluding carboxylic acids is 1. The third kappa shape index (κ3) is 9.17. The second-order valence-corrected chi connectivity index (χ2v) is 9.24. The molecular weight excluding hydrogens is 516 g/mol. The summed E-state index contributed by atoms with van der Waals surface area (Å²) in [6.45, 7) is 2.37. The SMILES string of the molecule is O=C(NCCCN1CCCCC1)c1ccc(-c2nc(NCc3ccc(F)cc3)nc(OCC(F)(F)F)n2)cc1. The van der Waals surface area contributed by atoms with E-state index in [-0.39, 0.29) is 24.2 Å². The van der Waals surface area contributed by atoms with Gasteiger partial charge in [0.2, 0.25) is 5.95 Å². The van der Waals surface area contributed by atoms with E-state index >= 15 is 0 Å². The first kappa shape index (κ1) is 28.2. The predicted molar refractivity (Wildman–Crippen MR) is 138 cm³/mol. The van der Waals surface area contributed by atoms with Crippen LogP contribution in [0.15, 0.2) is 48.5 Å². The van der Waals surface area contributed by atoms with Gasteiger partial charge in [0.05, 0.1) is 0 Å². The fourth-order valence-electron chi connectivity index (χ4n) is 4.12. The van der Waals surface area contributed by atoms with Gasteiger partial charge in [-0.1, -0.05) is 30.7 Å². The van der Waals surface area contributed by atoms with Crippen LogP contribution in [0.5, 0.6) is 6.01 Å². The molecule has 0 aliphatic carbocycles. The zero-order valence-electron chi connectivity index (χ0n) is 21.3. The van der Waals surface area contributed by atoms with Crippen LogP contribution in [0, 0.1) is 5.82 Å². The predicted octanol–water partition coefficient (Wildman–Crippen LogP) is 4.84. The van der Waals surface area contributed by atoms with Crippen LogP contribution in [0.1, 0.15) is 41.6 Å². The lowest BCUT2D eigenvalue weighted by Crippen LogP contribution is -2.33. The number of benzene rings is 2. The van der Waals surface area contributed by atoms with E-state index in [0.29, 0.717) is 23.2 Å². The lowest BCUT2D eigenvalue weighted by molar-refractivity contribution is -0.154. The van der Waals surface area contributed by atoms with E-state index in [1.165, 1.54) is 31.4 Å². The van der Waals surface area contributed by atoms with Gasteiger partial charge >= 0.3 is 12.2 Å². The summed E-state index contributed by atoms with van der Waals surface area (Å²) in [5.41, 5.74) is 1.61. The maximum Gasteiger partial charge on any atom is 0.422 e. The number of carbonyl (C=O) groups is 1. The Bertz CT molecular complexity index is 1220. The number of hydrogen-bond donors (Lipinski definition) is 2. The normalized spacial score (nSPS) is 14.2. The maximum atomic E-state index is 13.2. The van der Waals surface area contributed by atoms with Crippen molar-refractivity contribution in [1.29, 1.82) is 0 Å². The van der Waals surface area contributed by atoms with Crippen LogP contribution in [0.2, 0.25) is 0 Å². The average Bonchev–Trinajstić information content (AvgIpc) is 2.94. The van der Waals surface area contributed by atoms with Crippen molar-refractivity contribution in [1.82, 2.24) is 25.2 Å². The molecule has 1 aliphatic heterocycles. The second kappa shape index (κ2) is 13.3. The molecular formula is C27H30F4N6O2. The fraction of sp³-hybridized carbons (Fsp3) is 0.407. The molecule has 1 saturated heterocycles. The van der Waals surface area contributed by atoms with Gasteiger partial charge in [0.15, 0.2) is 12.4 Å². The molecule has 1 aliphatic rings. The molecule has 4 rings (SSSR count). The summed E-state index contributed by atoms with van der Waals surface area (Å²) in [4.78, 5) is 27.2. The highest BCUT2D eigenvalue weighted by Crippen LogP contribution is 2.22. The molecule has 1 amide bonds. The van der Waals surface area contributed by atoms with Gasteiger partial charge in [0.25, 0.3) is 5.91 Å². The van der Waals surface area contributed by atoms with Crippen LogP contribution in [0.25, 0.3) is 11.4 Å². The summed E-state index contributed by atoms with van der Waals surface area (Å²) in [5.74, 6) is -0.556. The lowest BCUT2D eigenvalue weighted by atomic mass is 10.1. The number of amides is 1. The Hall–Kier alpha value is -3.80. The topological polar surface area (TPSA) is 92.3 Å². The Labute approximate surface area is 223 Å². The van der Waals surface area contributed by atoms with Gasteiger partial charge in [0.1, 0.15) is 5.82 Å². The molecule has 39 heavy (non-hydrogen) atoms. The first-order valence-electron chi connectivity index (χ1n) is 12.8. The van der Waals surface area contributed by atoms with Crippen molar-refractivity contribution < 1.29 is 27.1 Å². The summed E-state index contributed by atoms with van der Waals surface area (Å²) in [7, 11) is 0. The van der Waals surface area contributed by atoms with Crippen molar-refractivity contribution in [3.05, 3.63) is 65.5 Å². The third-order valence-corrected chi connectivity index (χ3v) is 6.13. The first-order chi connectivity index (χ1) is 18.7. The number of aromatic nitrogens is 3. The fourth-order valence-corrected chi connectivity index (χ4v) is 4.12. The van der Waals surface area contributed by atoms with Gasteiger partial charge < -0.3 is 20.3 Å². The number of likely N-dealkylation sites (tertiary alicyclic amines) is 1. The molecule has 2 N–H and O–H groups in total. The van der Waals surface area contributed by atoms with Crippen LogP contribution < -0.4 is 15.4 Å². The standard InChI is InChI=1S/C27H30F4N6O2/c28-22-11-5-19(6-12-22)17-33-25-34-23(35-26(36-25)39-18-27(29,30)31)20-7-9-21(10-8-20)24(38)32-13-4-16-37-14-2-1-3-15-37/h5-12H,1-4,13-18H2,(H,32,38)(H,33,34,35,36). The van der Waals surface area contributed by atoms with E-state index in [0.717, 1.165) is 26.1 Å². The van der Waals surface area contributed by atoms with E-state index in [1.54, 1.807) is 36.4 Å². The Balaban J connectivity index is 1.40. The Kier molecular flexibility index (Phi) is 9.64. The molecule has 208 valence electrons. The van der Waals surface area contributed by atoms with Gasteiger partial charge in [0, 0.05) is 24.2 Å². The molecule has 3 aromatic rings. The molecule has 0 atom stereocenters. The summed E-state index contributed by atoms with van der Waals surface area (Å²) < 4.78 is 56.1. The summed E-state index contributed by atoms with van der Waals surface area (Å²) in [5, 5.41) is 5.81. The van der Waals surface area contributed by atoms with Gasteiger partial charge in [-0.25, -0.2) is 4.39 Å². The lowest BCUT2D eigenvalue weighted by Gasteiger charge is -2.26. The van der Waals surface area contributed by atoms with Crippen molar-refractivity contribution >= 4 is 11.9 Å². The monoisotopic (exact) mass is 546 g/mol. The molecule has 2 heterocycles. The number of halogens is 4. The zero-order valence-corrected chi connectivity index (χ0v) is 21.3. The number of alkyl halides is 3. The quantitative estimate of drug-likeness (QED) is 0.263. The Morgan fingerprint density at radius 2 is 1.67 bits per heavy atom. The number of nitrogens with zero attached hydrogens (tertiary/aromatic N) is 4. The van der Waals surface area contributed by atoms with Crippen LogP contribution in [0.4, 0.5) is 23.5 Å². The zero-order chi connectivity index (χ0) is 27.7. The molecule has 0 bridgehead atoms. The first-order valence-corrected chi connectivity index (χ1v) is 12.8. The minimum atomic E-state index is -4.57. The summed E-state index contributed by atoms with van der Waals surface area (Å²) >= 11 is 0. The molecule has 0 radical (unpaired) electrons. The van der Waals surface area contributed by atoms with E-state index in [1.807, 2.05) is 0 Å². The average molecular weight is 547 g/mol. The van der Waals surface area contributed by atoms with Crippen LogP contribution in [0.3, 0.4) is 0 Å². The molecule has 0 unspecified atom stereocenters. The number of rotatable bonds is 11. The summed E-state index contributed by atoms with van der Waals surface area (Å²) in [6, 6.07) is 11.6. The smallest absolute Gasteiger partial charge is 0.422 e.